The predicted molar refractivity (Wildman–Crippen MR) is 106 cm³/mol. The molecule has 4 atom stereocenters. The summed E-state index contributed by atoms with van der Waals surface area (Å²) in [7, 11) is 0. The zero-order chi connectivity index (χ0) is 21.6. The third-order valence-corrected chi connectivity index (χ3v) is 6.03. The van der Waals surface area contributed by atoms with Crippen LogP contribution in [-0.2, 0) is 14.4 Å². The minimum absolute atomic E-state index is 0.268. The lowest BCUT2D eigenvalue weighted by Crippen LogP contribution is -2.57. The van der Waals surface area contributed by atoms with E-state index in [2.05, 4.69) is 11.4 Å². The van der Waals surface area contributed by atoms with Gasteiger partial charge in [-0.3, -0.25) is 24.6 Å². The lowest BCUT2D eigenvalue weighted by atomic mass is 9.76. The van der Waals surface area contributed by atoms with Crippen molar-refractivity contribution in [2.75, 3.05) is 0 Å². The summed E-state index contributed by atoms with van der Waals surface area (Å²) in [4.78, 5) is 40.4. The van der Waals surface area contributed by atoms with Gasteiger partial charge in [-0.15, -0.1) is 0 Å². The molecular weight excluding hydrogens is 370 g/mol. The van der Waals surface area contributed by atoms with E-state index in [1.165, 1.54) is 4.90 Å². The molecule has 1 aromatic rings. The van der Waals surface area contributed by atoms with E-state index >= 15 is 0 Å². The molecule has 4 unspecified atom stereocenters. The van der Waals surface area contributed by atoms with Crippen LogP contribution in [0.5, 0.6) is 0 Å². The van der Waals surface area contributed by atoms with E-state index in [-0.39, 0.29) is 12.3 Å². The van der Waals surface area contributed by atoms with Crippen LogP contribution in [0.1, 0.15) is 64.1 Å². The van der Waals surface area contributed by atoms with Crippen molar-refractivity contribution in [3.8, 4) is 6.07 Å². The molecule has 29 heavy (non-hydrogen) atoms. The van der Waals surface area contributed by atoms with Crippen molar-refractivity contribution in [2.45, 2.75) is 64.1 Å². The van der Waals surface area contributed by atoms with E-state index in [0.717, 1.165) is 6.42 Å². The third-order valence-electron chi connectivity index (χ3n) is 6.03. The van der Waals surface area contributed by atoms with Crippen LogP contribution < -0.4 is 5.32 Å². The first-order valence-electron chi connectivity index (χ1n) is 9.97. The van der Waals surface area contributed by atoms with Gasteiger partial charge in [0.1, 0.15) is 5.54 Å². The molecule has 2 N–H and O–H groups in total. The number of carbonyl (C=O) groups is 3. The molecule has 154 valence electrons. The average Bonchev–Trinajstić information content (AvgIpc) is 3.14. The Hall–Kier alpha value is -2.72. The van der Waals surface area contributed by atoms with Crippen LogP contribution in [0, 0.1) is 23.2 Å². The average molecular weight is 397 g/mol. The normalized spacial score (nSPS) is 29.1. The Labute approximate surface area is 170 Å². The lowest BCUT2D eigenvalue weighted by molar-refractivity contribution is -0.154. The van der Waals surface area contributed by atoms with Crippen molar-refractivity contribution in [3.05, 3.63) is 35.4 Å². The smallest absolute Gasteiger partial charge is 0.324 e. The van der Waals surface area contributed by atoms with Crippen LogP contribution in [0.25, 0.3) is 0 Å². The molecule has 2 amide bonds. The quantitative estimate of drug-likeness (QED) is 0.739. The highest BCUT2D eigenvalue weighted by Gasteiger charge is 2.69. The van der Waals surface area contributed by atoms with E-state index in [1.807, 2.05) is 6.92 Å². The number of hydrogen-bond acceptors (Lipinski definition) is 5. The van der Waals surface area contributed by atoms with Crippen LogP contribution in [0.3, 0.4) is 0 Å². The lowest BCUT2D eigenvalue weighted by Gasteiger charge is -2.35. The Morgan fingerprint density at radius 2 is 1.86 bits per heavy atom. The third kappa shape index (κ3) is 3.22. The van der Waals surface area contributed by atoms with Gasteiger partial charge in [0.05, 0.1) is 23.5 Å². The van der Waals surface area contributed by atoms with Crippen molar-refractivity contribution >= 4 is 17.8 Å². The highest BCUT2D eigenvalue weighted by atomic mass is 16.4. The largest absolute Gasteiger partial charge is 0.480 e. The van der Waals surface area contributed by atoms with Gasteiger partial charge in [0.15, 0.2) is 0 Å². The number of nitrogens with zero attached hydrogens (tertiary/aromatic N) is 2. The zero-order valence-electron chi connectivity index (χ0n) is 17.2. The van der Waals surface area contributed by atoms with Gasteiger partial charge in [0.2, 0.25) is 11.8 Å². The van der Waals surface area contributed by atoms with Crippen molar-refractivity contribution in [1.82, 2.24) is 10.2 Å². The summed E-state index contributed by atoms with van der Waals surface area (Å²) in [5.74, 6) is -3.61. The summed E-state index contributed by atoms with van der Waals surface area (Å²) in [5.41, 5.74) is -1.05. The van der Waals surface area contributed by atoms with Gasteiger partial charge in [0.25, 0.3) is 0 Å². The molecule has 0 radical (unpaired) electrons. The fourth-order valence-electron chi connectivity index (χ4n) is 4.70. The van der Waals surface area contributed by atoms with Gasteiger partial charge in [0, 0.05) is 11.6 Å². The number of carboxylic acids is 1. The fourth-order valence-corrected chi connectivity index (χ4v) is 4.70. The fraction of sp³-hybridized carbons (Fsp3) is 0.545. The number of fused-ring (bicyclic) bond motifs is 1. The molecule has 0 aromatic heterocycles. The molecule has 0 saturated carbocycles. The number of nitriles is 1. The number of carbonyl (C=O) groups excluding carboxylic acids is 2. The number of hydrogen-bond donors (Lipinski definition) is 2. The second kappa shape index (κ2) is 7.27. The molecule has 0 bridgehead atoms. The Kier molecular flexibility index (Phi) is 5.26. The minimum atomic E-state index is -1.49. The zero-order valence-corrected chi connectivity index (χ0v) is 17.2. The Morgan fingerprint density at radius 1 is 1.24 bits per heavy atom. The van der Waals surface area contributed by atoms with E-state index < -0.39 is 40.8 Å². The molecule has 1 aromatic carbocycles. The number of likely N-dealkylation sites (tertiary alicyclic amines) is 1. The van der Waals surface area contributed by atoms with Crippen molar-refractivity contribution in [3.63, 3.8) is 0 Å². The van der Waals surface area contributed by atoms with Gasteiger partial charge in [-0.1, -0.05) is 31.9 Å². The first kappa shape index (κ1) is 21.0. The van der Waals surface area contributed by atoms with Gasteiger partial charge in [-0.2, -0.15) is 5.26 Å². The van der Waals surface area contributed by atoms with E-state index in [0.29, 0.717) is 17.5 Å². The molecule has 7 nitrogen and oxygen atoms in total. The molecule has 2 fully saturated rings. The SMILES string of the molecule is CCCCC1(C(=O)O)NC(c2ccc(C#N)cc2)C2C(=O)N(C(C)(C)C)C(=O)C21. The maximum atomic E-state index is 13.4. The van der Waals surface area contributed by atoms with Gasteiger partial charge in [-0.05, 0) is 44.9 Å². The van der Waals surface area contributed by atoms with E-state index in [4.69, 9.17) is 5.26 Å². The van der Waals surface area contributed by atoms with Crippen LogP contribution in [0.2, 0.25) is 0 Å². The molecular formula is C22H27N3O4. The number of carboxylic acid groups (broad SMARTS) is 1. The summed E-state index contributed by atoms with van der Waals surface area (Å²) in [6.07, 6.45) is 1.67. The number of amides is 2. The molecule has 0 aliphatic carbocycles. The summed E-state index contributed by atoms with van der Waals surface area (Å²) >= 11 is 0. The first-order chi connectivity index (χ1) is 13.6. The molecule has 2 saturated heterocycles. The molecule has 3 rings (SSSR count). The number of rotatable bonds is 5. The number of benzene rings is 1. The van der Waals surface area contributed by atoms with E-state index in [9.17, 15) is 19.5 Å². The van der Waals surface area contributed by atoms with Gasteiger partial charge < -0.3 is 5.11 Å². The van der Waals surface area contributed by atoms with E-state index in [1.54, 1.807) is 45.0 Å². The molecule has 2 aliphatic rings. The van der Waals surface area contributed by atoms with Crippen LogP contribution in [0.4, 0.5) is 0 Å². The van der Waals surface area contributed by atoms with Gasteiger partial charge >= 0.3 is 5.97 Å². The second-order valence-electron chi connectivity index (χ2n) is 8.92. The Morgan fingerprint density at radius 3 is 2.34 bits per heavy atom. The molecule has 2 aliphatic heterocycles. The van der Waals surface area contributed by atoms with Crippen LogP contribution >= 0.6 is 0 Å². The van der Waals surface area contributed by atoms with Crippen molar-refractivity contribution < 1.29 is 19.5 Å². The number of unbranched alkanes of at least 4 members (excludes halogenated alkanes) is 1. The maximum absolute atomic E-state index is 13.4. The summed E-state index contributed by atoms with van der Waals surface area (Å²) < 4.78 is 0. The number of nitrogens with one attached hydrogen (secondary N) is 1. The molecule has 0 spiro atoms. The maximum Gasteiger partial charge on any atom is 0.324 e. The van der Waals surface area contributed by atoms with Gasteiger partial charge in [-0.25, -0.2) is 0 Å². The summed E-state index contributed by atoms with van der Waals surface area (Å²) in [5, 5.41) is 22.4. The highest BCUT2D eigenvalue weighted by Crippen LogP contribution is 2.51. The minimum Gasteiger partial charge on any atom is -0.480 e. The number of imide groups is 1. The highest BCUT2D eigenvalue weighted by molar-refractivity contribution is 6.10. The number of aliphatic carboxylic acids is 1. The molecule has 7 heteroatoms. The van der Waals surface area contributed by atoms with Crippen LogP contribution in [0.15, 0.2) is 24.3 Å². The Balaban J connectivity index is 2.14. The van der Waals surface area contributed by atoms with Crippen LogP contribution in [-0.4, -0.2) is 38.9 Å². The molecule has 2 heterocycles. The second-order valence-corrected chi connectivity index (χ2v) is 8.92. The summed E-state index contributed by atoms with van der Waals surface area (Å²) in [6, 6.07) is 8.18. The van der Waals surface area contributed by atoms with Crippen molar-refractivity contribution in [2.24, 2.45) is 11.8 Å². The predicted octanol–water partition coefficient (Wildman–Crippen LogP) is 2.62. The Bertz CT molecular complexity index is 881. The first-order valence-corrected chi connectivity index (χ1v) is 9.97. The van der Waals surface area contributed by atoms with Crippen molar-refractivity contribution in [1.29, 1.82) is 5.26 Å². The standard InChI is InChI=1S/C22H27N3O4/c1-5-6-11-22(20(28)29)16-15(18(26)25(19(16)27)21(2,3)4)17(24-22)14-9-7-13(12-23)8-10-14/h7-10,15-17,24H,5-6,11H2,1-4H3,(H,28,29). The summed E-state index contributed by atoms with van der Waals surface area (Å²) in [6.45, 7) is 7.30. The monoisotopic (exact) mass is 397 g/mol. The topological polar surface area (TPSA) is 110 Å².